The van der Waals surface area contributed by atoms with E-state index in [0.29, 0.717) is 5.92 Å². The molecule has 5 nitrogen and oxygen atoms in total. The predicted octanol–water partition coefficient (Wildman–Crippen LogP) is 2.39. The van der Waals surface area contributed by atoms with Crippen molar-refractivity contribution in [2.75, 3.05) is 0 Å². The van der Waals surface area contributed by atoms with Gasteiger partial charge in [-0.15, -0.1) is 0 Å². The minimum atomic E-state index is -0.833. The number of aliphatic hydroxyl groups is 2. The highest BCUT2D eigenvalue weighted by Gasteiger charge is 2.57. The summed E-state index contributed by atoms with van der Waals surface area (Å²) >= 11 is 0. The summed E-state index contributed by atoms with van der Waals surface area (Å²) in [7, 11) is 0. The van der Waals surface area contributed by atoms with E-state index in [1.165, 1.54) is 32.1 Å². The van der Waals surface area contributed by atoms with Crippen LogP contribution in [0.5, 0.6) is 0 Å². The molecule has 4 rings (SSSR count). The van der Waals surface area contributed by atoms with Gasteiger partial charge in [0.05, 0.1) is 12.2 Å². The summed E-state index contributed by atoms with van der Waals surface area (Å²) < 4.78 is 0. The maximum atomic E-state index is 10.4. The summed E-state index contributed by atoms with van der Waals surface area (Å²) in [5.41, 5.74) is 6.27. The Balaban J connectivity index is 0.000000415. The van der Waals surface area contributed by atoms with E-state index >= 15 is 0 Å². The summed E-state index contributed by atoms with van der Waals surface area (Å²) in [4.78, 5) is 9.00. The van der Waals surface area contributed by atoms with Gasteiger partial charge in [-0.25, -0.2) is 0 Å². The summed E-state index contributed by atoms with van der Waals surface area (Å²) in [6, 6.07) is 0.00459. The smallest absolute Gasteiger partial charge is 0.300 e. The van der Waals surface area contributed by atoms with Crippen LogP contribution in [-0.2, 0) is 4.79 Å². The van der Waals surface area contributed by atoms with E-state index in [2.05, 4.69) is 6.92 Å². The van der Waals surface area contributed by atoms with Crippen molar-refractivity contribution in [1.82, 2.24) is 0 Å². The van der Waals surface area contributed by atoms with Gasteiger partial charge in [0.2, 0.25) is 0 Å². The Morgan fingerprint density at radius 2 is 1.68 bits per heavy atom. The second-order valence-electron chi connectivity index (χ2n) is 9.29. The quantitative estimate of drug-likeness (QED) is 0.535. The zero-order valence-corrected chi connectivity index (χ0v) is 15.6. The number of rotatable bonds is 0. The lowest BCUT2D eigenvalue weighted by molar-refractivity contribution is -0.134. The van der Waals surface area contributed by atoms with E-state index in [9.17, 15) is 10.2 Å². The van der Waals surface area contributed by atoms with Gasteiger partial charge in [-0.05, 0) is 86.4 Å². The molecule has 4 aliphatic rings. The zero-order chi connectivity index (χ0) is 18.4. The molecule has 0 radical (unpaired) electrons. The fourth-order valence-electron chi connectivity index (χ4n) is 6.83. The summed E-state index contributed by atoms with van der Waals surface area (Å²) in [5, 5.41) is 28.1. The molecule has 0 amide bonds. The third-order valence-corrected chi connectivity index (χ3v) is 8.05. The number of hydrogen-bond acceptors (Lipinski definition) is 4. The molecule has 0 aromatic heterocycles. The molecule has 0 unspecified atom stereocenters. The average molecular weight is 354 g/mol. The van der Waals surface area contributed by atoms with Crippen molar-refractivity contribution in [1.29, 1.82) is 0 Å². The molecule has 25 heavy (non-hydrogen) atoms. The zero-order valence-electron chi connectivity index (χ0n) is 15.6. The number of hydrogen-bond donors (Lipinski definition) is 4. The highest BCUT2D eigenvalue weighted by molar-refractivity contribution is 5.62. The van der Waals surface area contributed by atoms with E-state index in [-0.39, 0.29) is 23.7 Å². The lowest BCUT2D eigenvalue weighted by atomic mass is 9.50. The second-order valence-corrected chi connectivity index (χ2v) is 9.29. The standard InChI is InChI=1S/C18H31NO2.C2H4O2/c1-18-7-6-11-12(14(18)4-5-17(18)21)3-2-10-8-15(19)16(20)9-13(10)11;1-2(3)4/h10-17,20-21H,2-9,19H2,1H3;1H3,(H,3,4)/t10-,11-,12+,13-,14-,15+,16-,17-,18-;/m0./s1. The molecular weight excluding hydrogens is 318 g/mol. The van der Waals surface area contributed by atoms with Crippen molar-refractivity contribution < 1.29 is 20.1 Å². The lowest BCUT2D eigenvalue weighted by Gasteiger charge is -2.56. The Morgan fingerprint density at radius 1 is 1.00 bits per heavy atom. The molecule has 0 spiro atoms. The Morgan fingerprint density at radius 3 is 2.36 bits per heavy atom. The van der Waals surface area contributed by atoms with Gasteiger partial charge in [0.1, 0.15) is 0 Å². The fraction of sp³-hybridized carbons (Fsp3) is 0.950. The van der Waals surface area contributed by atoms with Crippen LogP contribution in [0.3, 0.4) is 0 Å². The van der Waals surface area contributed by atoms with Gasteiger partial charge in [0.25, 0.3) is 5.97 Å². The highest BCUT2D eigenvalue weighted by atomic mass is 16.4. The molecule has 144 valence electrons. The highest BCUT2D eigenvalue weighted by Crippen LogP contribution is 2.62. The maximum absolute atomic E-state index is 10.4. The Kier molecular flexibility index (Phi) is 5.48. The minimum Gasteiger partial charge on any atom is -0.481 e. The summed E-state index contributed by atoms with van der Waals surface area (Å²) in [6.07, 6.45) is 8.90. The van der Waals surface area contributed by atoms with Gasteiger partial charge in [-0.3, -0.25) is 4.79 Å². The van der Waals surface area contributed by atoms with E-state index in [1.807, 2.05) is 0 Å². The van der Waals surface area contributed by atoms with E-state index < -0.39 is 5.97 Å². The summed E-state index contributed by atoms with van der Waals surface area (Å²) in [6.45, 7) is 3.42. The molecule has 0 bridgehead atoms. The summed E-state index contributed by atoms with van der Waals surface area (Å²) in [5.74, 6) is 2.92. The molecule has 0 aromatic rings. The first-order valence-electron chi connectivity index (χ1n) is 10.0. The third-order valence-electron chi connectivity index (χ3n) is 8.05. The van der Waals surface area contributed by atoms with Gasteiger partial charge in [-0.1, -0.05) is 6.92 Å². The molecular formula is C20H35NO4. The van der Waals surface area contributed by atoms with Crippen LogP contribution in [0.2, 0.25) is 0 Å². The lowest BCUT2D eigenvalue weighted by Crippen LogP contribution is -2.53. The van der Waals surface area contributed by atoms with Crippen molar-refractivity contribution in [3.05, 3.63) is 0 Å². The molecule has 4 saturated carbocycles. The van der Waals surface area contributed by atoms with Crippen molar-refractivity contribution in [2.45, 2.75) is 83.5 Å². The van der Waals surface area contributed by atoms with Crippen LogP contribution < -0.4 is 5.73 Å². The monoisotopic (exact) mass is 353 g/mol. The van der Waals surface area contributed by atoms with Crippen LogP contribution in [0.25, 0.3) is 0 Å². The van der Waals surface area contributed by atoms with Crippen LogP contribution in [-0.4, -0.2) is 39.5 Å². The Bertz CT molecular complexity index is 494. The molecule has 4 aliphatic carbocycles. The number of carboxylic acid groups (broad SMARTS) is 1. The van der Waals surface area contributed by atoms with Crippen LogP contribution in [0.4, 0.5) is 0 Å². The number of fused-ring (bicyclic) bond motifs is 5. The normalized spacial score (nSPS) is 51.4. The SMILES string of the molecule is CC(=O)O.C[C@]12CC[C@H]3[C@@H](CC[C@H]4C[C@@H](N)[C@@H](O)C[C@@H]43)[C@@H]1CC[C@@H]2O. The number of carbonyl (C=O) groups is 1. The van der Waals surface area contributed by atoms with Crippen molar-refractivity contribution in [2.24, 2.45) is 40.7 Å². The van der Waals surface area contributed by atoms with Crippen molar-refractivity contribution in [3.63, 3.8) is 0 Å². The third kappa shape index (κ3) is 3.47. The molecule has 5 N–H and O–H groups in total. The number of aliphatic carboxylic acids is 1. The first kappa shape index (κ1) is 19.1. The van der Waals surface area contributed by atoms with Gasteiger partial charge in [-0.2, -0.15) is 0 Å². The Hall–Kier alpha value is -0.650. The van der Waals surface area contributed by atoms with Crippen molar-refractivity contribution >= 4 is 5.97 Å². The molecule has 0 aromatic carbocycles. The molecule has 0 aliphatic heterocycles. The average Bonchev–Trinajstić information content (AvgIpc) is 2.83. The maximum Gasteiger partial charge on any atom is 0.300 e. The Labute approximate surface area is 151 Å². The fourth-order valence-corrected chi connectivity index (χ4v) is 6.83. The predicted molar refractivity (Wildman–Crippen MR) is 95.8 cm³/mol. The first-order valence-corrected chi connectivity index (χ1v) is 10.0. The number of carboxylic acids is 1. The largest absolute Gasteiger partial charge is 0.481 e. The first-order chi connectivity index (χ1) is 11.7. The molecule has 9 atom stereocenters. The van der Waals surface area contributed by atoms with E-state index in [0.717, 1.165) is 49.9 Å². The minimum absolute atomic E-state index is 0.00459. The van der Waals surface area contributed by atoms with Gasteiger partial charge in [0, 0.05) is 13.0 Å². The molecule has 0 heterocycles. The van der Waals surface area contributed by atoms with Crippen LogP contribution in [0.15, 0.2) is 0 Å². The van der Waals surface area contributed by atoms with Gasteiger partial charge < -0.3 is 21.1 Å². The van der Waals surface area contributed by atoms with Gasteiger partial charge in [0.15, 0.2) is 0 Å². The number of nitrogens with two attached hydrogens (primary N) is 1. The van der Waals surface area contributed by atoms with E-state index in [1.54, 1.807) is 0 Å². The van der Waals surface area contributed by atoms with Crippen LogP contribution >= 0.6 is 0 Å². The second kappa shape index (κ2) is 7.16. The van der Waals surface area contributed by atoms with Crippen molar-refractivity contribution in [3.8, 4) is 0 Å². The molecule has 5 heteroatoms. The van der Waals surface area contributed by atoms with Gasteiger partial charge >= 0.3 is 0 Å². The van der Waals surface area contributed by atoms with Crippen LogP contribution in [0.1, 0.15) is 65.2 Å². The number of aliphatic hydroxyl groups excluding tert-OH is 2. The van der Waals surface area contributed by atoms with E-state index in [4.69, 9.17) is 15.6 Å². The molecule has 0 saturated heterocycles. The molecule has 4 fully saturated rings. The van der Waals surface area contributed by atoms with Crippen LogP contribution in [0, 0.1) is 35.0 Å². The topological polar surface area (TPSA) is 104 Å².